The van der Waals surface area contributed by atoms with Crippen molar-refractivity contribution in [3.8, 4) is 5.75 Å². The SMILES string of the molecule is O=C1CCC(N2Cc3cc(O[C@H]4CCCC[C@@H]4N4CC(c5ccccc5)C4)ccc3C2=O)C(=O)N1. The quantitative estimate of drug-likeness (QED) is 0.675. The molecule has 1 unspecified atom stereocenters. The maximum absolute atomic E-state index is 13.0. The maximum atomic E-state index is 13.0. The van der Waals surface area contributed by atoms with E-state index in [1.54, 1.807) is 4.90 Å². The van der Waals surface area contributed by atoms with Crippen LogP contribution in [0.5, 0.6) is 5.75 Å². The summed E-state index contributed by atoms with van der Waals surface area (Å²) in [5.74, 6) is 0.587. The van der Waals surface area contributed by atoms with Crippen LogP contribution < -0.4 is 10.1 Å². The molecule has 2 aromatic rings. The third-order valence-electron chi connectivity index (χ3n) is 8.10. The minimum absolute atomic E-state index is 0.141. The van der Waals surface area contributed by atoms with Crippen molar-refractivity contribution in [2.75, 3.05) is 13.1 Å². The number of hydrogen-bond donors (Lipinski definition) is 1. The summed E-state index contributed by atoms with van der Waals surface area (Å²) in [6.07, 6.45) is 5.36. The zero-order valence-corrected chi connectivity index (χ0v) is 19.8. The molecule has 3 atom stereocenters. The highest BCUT2D eigenvalue weighted by Crippen LogP contribution is 2.36. The molecule has 6 rings (SSSR count). The van der Waals surface area contributed by atoms with Crippen LogP contribution >= 0.6 is 0 Å². The fourth-order valence-corrected chi connectivity index (χ4v) is 6.15. The molecule has 1 saturated carbocycles. The number of amides is 3. The van der Waals surface area contributed by atoms with Gasteiger partial charge in [0, 0.05) is 43.6 Å². The number of nitrogens with one attached hydrogen (secondary N) is 1. The second-order valence-electron chi connectivity index (χ2n) is 10.3. The molecular formula is C28H31N3O4. The average molecular weight is 474 g/mol. The van der Waals surface area contributed by atoms with Gasteiger partial charge >= 0.3 is 0 Å². The molecule has 3 amide bonds. The van der Waals surface area contributed by atoms with Gasteiger partial charge in [0.1, 0.15) is 17.9 Å². The molecule has 2 saturated heterocycles. The predicted octanol–water partition coefficient (Wildman–Crippen LogP) is 3.24. The van der Waals surface area contributed by atoms with Crippen LogP contribution in [-0.4, -0.2) is 58.8 Å². The molecule has 4 aliphatic rings. The van der Waals surface area contributed by atoms with Gasteiger partial charge in [-0.3, -0.25) is 24.6 Å². The van der Waals surface area contributed by atoms with E-state index in [0.717, 1.165) is 37.2 Å². The lowest BCUT2D eigenvalue weighted by atomic mass is 9.84. The molecule has 35 heavy (non-hydrogen) atoms. The van der Waals surface area contributed by atoms with Crippen LogP contribution in [0.25, 0.3) is 0 Å². The van der Waals surface area contributed by atoms with Gasteiger partial charge in [-0.05, 0) is 55.0 Å². The highest BCUT2D eigenvalue weighted by molar-refractivity contribution is 6.05. The fraction of sp³-hybridized carbons (Fsp3) is 0.464. The number of benzene rings is 2. The largest absolute Gasteiger partial charge is 0.489 e. The van der Waals surface area contributed by atoms with Gasteiger partial charge < -0.3 is 9.64 Å². The Labute approximate surface area is 205 Å². The van der Waals surface area contributed by atoms with E-state index in [2.05, 4.69) is 40.5 Å². The van der Waals surface area contributed by atoms with E-state index in [9.17, 15) is 14.4 Å². The third kappa shape index (κ3) is 4.22. The molecule has 1 N–H and O–H groups in total. The molecule has 0 aromatic heterocycles. The van der Waals surface area contributed by atoms with Crippen molar-refractivity contribution in [2.45, 2.75) is 69.2 Å². The van der Waals surface area contributed by atoms with Crippen molar-refractivity contribution in [3.63, 3.8) is 0 Å². The number of carbonyl (C=O) groups is 3. The number of hydrogen-bond acceptors (Lipinski definition) is 5. The number of ether oxygens (including phenoxy) is 1. The number of fused-ring (bicyclic) bond motifs is 1. The van der Waals surface area contributed by atoms with Crippen LogP contribution in [-0.2, 0) is 16.1 Å². The first kappa shape index (κ1) is 22.3. The molecule has 7 nitrogen and oxygen atoms in total. The van der Waals surface area contributed by atoms with Crippen molar-refractivity contribution in [3.05, 3.63) is 65.2 Å². The fourth-order valence-electron chi connectivity index (χ4n) is 6.15. The Bertz CT molecular complexity index is 1140. The normalized spacial score (nSPS) is 27.4. The van der Waals surface area contributed by atoms with Gasteiger partial charge in [0.2, 0.25) is 11.8 Å². The van der Waals surface area contributed by atoms with Crippen LogP contribution in [0, 0.1) is 0 Å². The summed E-state index contributed by atoms with van der Waals surface area (Å²) < 4.78 is 6.55. The Balaban J connectivity index is 1.12. The summed E-state index contributed by atoms with van der Waals surface area (Å²) in [5, 5.41) is 2.36. The van der Waals surface area contributed by atoms with E-state index >= 15 is 0 Å². The van der Waals surface area contributed by atoms with Gasteiger partial charge in [-0.25, -0.2) is 0 Å². The molecule has 3 fully saturated rings. The lowest BCUT2D eigenvalue weighted by molar-refractivity contribution is -0.136. The number of carbonyl (C=O) groups excluding carboxylic acids is 3. The molecule has 0 spiro atoms. The van der Waals surface area contributed by atoms with E-state index in [1.807, 2.05) is 18.2 Å². The van der Waals surface area contributed by atoms with Gasteiger partial charge in [-0.1, -0.05) is 36.8 Å². The molecular weight excluding hydrogens is 442 g/mol. The first-order chi connectivity index (χ1) is 17.1. The van der Waals surface area contributed by atoms with Crippen molar-refractivity contribution in [1.29, 1.82) is 0 Å². The van der Waals surface area contributed by atoms with Crippen molar-refractivity contribution >= 4 is 17.7 Å². The Hall–Kier alpha value is -3.19. The zero-order chi connectivity index (χ0) is 23.9. The summed E-state index contributed by atoms with van der Waals surface area (Å²) in [5.41, 5.74) is 2.93. The molecule has 1 aliphatic carbocycles. The maximum Gasteiger partial charge on any atom is 0.255 e. The Kier molecular flexibility index (Phi) is 5.80. The van der Waals surface area contributed by atoms with Gasteiger partial charge in [-0.15, -0.1) is 0 Å². The molecule has 3 aliphatic heterocycles. The highest BCUT2D eigenvalue weighted by atomic mass is 16.5. The van der Waals surface area contributed by atoms with Crippen molar-refractivity contribution < 1.29 is 19.1 Å². The van der Waals surface area contributed by atoms with Crippen LogP contribution in [0.15, 0.2) is 48.5 Å². The van der Waals surface area contributed by atoms with Crippen molar-refractivity contribution in [2.24, 2.45) is 0 Å². The zero-order valence-electron chi connectivity index (χ0n) is 19.8. The number of rotatable bonds is 5. The van der Waals surface area contributed by atoms with Gasteiger partial charge in [0.05, 0.1) is 0 Å². The lowest BCUT2D eigenvalue weighted by Crippen LogP contribution is -2.57. The van der Waals surface area contributed by atoms with E-state index in [-0.39, 0.29) is 30.2 Å². The monoisotopic (exact) mass is 473 g/mol. The van der Waals surface area contributed by atoms with E-state index in [4.69, 9.17) is 4.74 Å². The minimum Gasteiger partial charge on any atom is -0.489 e. The highest BCUT2D eigenvalue weighted by Gasteiger charge is 2.41. The van der Waals surface area contributed by atoms with Crippen LogP contribution in [0.3, 0.4) is 0 Å². The number of imide groups is 1. The molecule has 7 heteroatoms. The second kappa shape index (κ2) is 9.11. The minimum atomic E-state index is -0.594. The summed E-state index contributed by atoms with van der Waals surface area (Å²) in [4.78, 5) is 40.9. The molecule has 182 valence electrons. The number of piperidine rings is 1. The van der Waals surface area contributed by atoms with E-state index < -0.39 is 6.04 Å². The van der Waals surface area contributed by atoms with Crippen LogP contribution in [0.4, 0.5) is 0 Å². The van der Waals surface area contributed by atoms with E-state index in [1.165, 1.54) is 18.4 Å². The molecule has 0 bridgehead atoms. The average Bonchev–Trinajstić information content (AvgIpc) is 3.15. The van der Waals surface area contributed by atoms with Crippen LogP contribution in [0.1, 0.15) is 65.9 Å². The number of likely N-dealkylation sites (tertiary alicyclic amines) is 1. The summed E-state index contributed by atoms with van der Waals surface area (Å²) in [6, 6.07) is 16.2. The Morgan fingerprint density at radius 1 is 0.914 bits per heavy atom. The van der Waals surface area contributed by atoms with Gasteiger partial charge in [-0.2, -0.15) is 0 Å². The lowest BCUT2D eigenvalue weighted by Gasteiger charge is -2.48. The Morgan fingerprint density at radius 2 is 1.71 bits per heavy atom. The summed E-state index contributed by atoms with van der Waals surface area (Å²) in [6.45, 7) is 2.53. The first-order valence-corrected chi connectivity index (χ1v) is 12.8. The second-order valence-corrected chi connectivity index (χ2v) is 10.3. The smallest absolute Gasteiger partial charge is 0.255 e. The summed E-state index contributed by atoms with van der Waals surface area (Å²) >= 11 is 0. The summed E-state index contributed by atoms with van der Waals surface area (Å²) in [7, 11) is 0. The Morgan fingerprint density at radius 3 is 2.51 bits per heavy atom. The van der Waals surface area contributed by atoms with Crippen molar-refractivity contribution in [1.82, 2.24) is 15.1 Å². The molecule has 3 heterocycles. The first-order valence-electron chi connectivity index (χ1n) is 12.8. The molecule has 0 radical (unpaired) electrons. The molecule has 2 aromatic carbocycles. The van der Waals surface area contributed by atoms with E-state index in [0.29, 0.717) is 30.5 Å². The van der Waals surface area contributed by atoms with Gasteiger partial charge in [0.15, 0.2) is 0 Å². The van der Waals surface area contributed by atoms with Gasteiger partial charge in [0.25, 0.3) is 5.91 Å². The third-order valence-corrected chi connectivity index (χ3v) is 8.10. The van der Waals surface area contributed by atoms with Crippen LogP contribution in [0.2, 0.25) is 0 Å². The predicted molar refractivity (Wildman–Crippen MR) is 130 cm³/mol. The standard InChI is InChI=1S/C28H31N3O4/c32-26-13-12-24(27(33)29-26)31-17-19-14-21(10-11-22(19)28(31)34)35-25-9-5-4-8-23(25)30-15-20(16-30)18-6-2-1-3-7-18/h1-3,6-7,10-11,14,20,23-25H,4-5,8-9,12-13,15-17H2,(H,29,32,33)/t23-,24?,25-/m0/s1. The number of nitrogens with zero attached hydrogens (tertiary/aromatic N) is 2. The topological polar surface area (TPSA) is 79.0 Å².